The van der Waals surface area contributed by atoms with E-state index < -0.39 is 23.2 Å². The molecule has 3 aromatic rings. The number of hydrogen-bond donors (Lipinski definition) is 1. The van der Waals surface area contributed by atoms with Crippen LogP contribution in [0, 0.1) is 11.6 Å². The van der Waals surface area contributed by atoms with Crippen LogP contribution in [0.15, 0.2) is 49.2 Å². The van der Waals surface area contributed by atoms with E-state index in [0.29, 0.717) is 11.4 Å². The maximum absolute atomic E-state index is 14.5. The van der Waals surface area contributed by atoms with E-state index in [1.807, 2.05) is 0 Å². The van der Waals surface area contributed by atoms with Crippen molar-refractivity contribution in [2.45, 2.75) is 25.0 Å². The van der Waals surface area contributed by atoms with Crippen LogP contribution in [0.4, 0.5) is 8.78 Å². The van der Waals surface area contributed by atoms with E-state index in [1.165, 1.54) is 30.5 Å². The topological polar surface area (TPSA) is 73.1 Å². The largest absolute Gasteiger partial charge is 0.481 e. The van der Waals surface area contributed by atoms with Gasteiger partial charge in [0.15, 0.2) is 0 Å². The summed E-state index contributed by atoms with van der Waals surface area (Å²) in [4.78, 5) is 7.99. The van der Waals surface area contributed by atoms with Crippen molar-refractivity contribution in [1.29, 1.82) is 0 Å². The Bertz CT molecular complexity index is 871. The number of aliphatic hydroxyl groups is 1. The second-order valence-corrected chi connectivity index (χ2v) is 6.00. The van der Waals surface area contributed by atoms with Crippen molar-refractivity contribution >= 4 is 0 Å². The van der Waals surface area contributed by atoms with E-state index in [0.717, 1.165) is 12.1 Å². The molecule has 0 bridgehead atoms. The molecule has 0 spiro atoms. The number of nitrogens with zero attached hydrogens (tertiary/aromatic N) is 4. The lowest BCUT2D eigenvalue weighted by molar-refractivity contribution is -0.0113. The standard InChI is InChI=1S/C18H18F2N4O2/c1-12(13-3-6-17(26-2)22-8-13)18(25,9-24-11-21-10-23-24)15-5-4-14(19)7-16(15)20/h3-8,10-12,25H,9H2,1-2H3. The molecular formula is C18H18F2N4O2. The van der Waals surface area contributed by atoms with Gasteiger partial charge in [0.2, 0.25) is 5.88 Å². The fourth-order valence-electron chi connectivity index (χ4n) is 2.90. The van der Waals surface area contributed by atoms with Gasteiger partial charge in [-0.25, -0.2) is 23.4 Å². The third kappa shape index (κ3) is 3.41. The monoisotopic (exact) mass is 360 g/mol. The van der Waals surface area contributed by atoms with E-state index in [-0.39, 0.29) is 12.1 Å². The minimum Gasteiger partial charge on any atom is -0.481 e. The Balaban J connectivity index is 2.06. The van der Waals surface area contributed by atoms with E-state index in [1.54, 1.807) is 25.3 Å². The van der Waals surface area contributed by atoms with Gasteiger partial charge in [0.05, 0.1) is 13.7 Å². The molecule has 6 nitrogen and oxygen atoms in total. The molecule has 0 fully saturated rings. The second kappa shape index (κ2) is 7.17. The van der Waals surface area contributed by atoms with Gasteiger partial charge < -0.3 is 9.84 Å². The molecule has 0 radical (unpaired) electrons. The number of ether oxygens (including phenoxy) is 1. The van der Waals surface area contributed by atoms with E-state index >= 15 is 0 Å². The summed E-state index contributed by atoms with van der Waals surface area (Å²) >= 11 is 0. The lowest BCUT2D eigenvalue weighted by Crippen LogP contribution is -2.38. The van der Waals surface area contributed by atoms with Gasteiger partial charge in [-0.15, -0.1) is 0 Å². The summed E-state index contributed by atoms with van der Waals surface area (Å²) < 4.78 is 34.3. The zero-order valence-corrected chi connectivity index (χ0v) is 14.3. The van der Waals surface area contributed by atoms with Gasteiger partial charge in [-0.2, -0.15) is 5.10 Å². The summed E-state index contributed by atoms with van der Waals surface area (Å²) in [6.45, 7) is 1.67. The summed E-state index contributed by atoms with van der Waals surface area (Å²) in [6.07, 6.45) is 4.30. The molecule has 2 aromatic heterocycles. The maximum atomic E-state index is 14.5. The van der Waals surface area contributed by atoms with Crippen molar-refractivity contribution in [2.24, 2.45) is 0 Å². The molecule has 1 N–H and O–H groups in total. The molecule has 0 aliphatic rings. The van der Waals surface area contributed by atoms with Crippen molar-refractivity contribution in [3.8, 4) is 5.88 Å². The van der Waals surface area contributed by atoms with Crippen LogP contribution >= 0.6 is 0 Å². The lowest BCUT2D eigenvalue weighted by atomic mass is 9.78. The number of aromatic nitrogens is 4. The number of halogens is 2. The first-order chi connectivity index (χ1) is 12.4. The van der Waals surface area contributed by atoms with Crippen LogP contribution in [0.3, 0.4) is 0 Å². The van der Waals surface area contributed by atoms with Gasteiger partial charge in [-0.3, -0.25) is 0 Å². The number of methoxy groups -OCH3 is 1. The molecule has 0 amide bonds. The first kappa shape index (κ1) is 17.9. The zero-order valence-electron chi connectivity index (χ0n) is 14.3. The van der Waals surface area contributed by atoms with E-state index in [4.69, 9.17) is 4.74 Å². The molecule has 8 heteroatoms. The van der Waals surface area contributed by atoms with Crippen LogP contribution in [-0.2, 0) is 12.1 Å². The fraction of sp³-hybridized carbons (Fsp3) is 0.278. The average Bonchev–Trinajstić information content (AvgIpc) is 3.13. The van der Waals surface area contributed by atoms with E-state index in [9.17, 15) is 13.9 Å². The van der Waals surface area contributed by atoms with Gasteiger partial charge in [0, 0.05) is 29.8 Å². The van der Waals surface area contributed by atoms with Crippen LogP contribution in [0.2, 0.25) is 0 Å². The Morgan fingerprint density at radius 3 is 2.65 bits per heavy atom. The Hall–Kier alpha value is -2.87. The molecule has 2 unspecified atom stereocenters. The SMILES string of the molecule is COc1ccc(C(C)C(O)(Cn2cncn2)c2ccc(F)cc2F)cn1. The first-order valence-electron chi connectivity index (χ1n) is 7.94. The molecule has 0 aliphatic heterocycles. The normalized spacial score (nSPS) is 14.7. The van der Waals surface area contributed by atoms with Crippen LogP contribution in [0.5, 0.6) is 5.88 Å². The predicted molar refractivity (Wildman–Crippen MR) is 89.5 cm³/mol. The highest BCUT2D eigenvalue weighted by Gasteiger charge is 2.40. The zero-order chi connectivity index (χ0) is 18.7. The Morgan fingerprint density at radius 1 is 1.27 bits per heavy atom. The summed E-state index contributed by atoms with van der Waals surface area (Å²) in [5.41, 5.74) is -1.07. The first-order valence-corrected chi connectivity index (χ1v) is 7.94. The van der Waals surface area contributed by atoms with E-state index in [2.05, 4.69) is 15.1 Å². The Labute approximate surface area is 149 Å². The van der Waals surface area contributed by atoms with Gasteiger partial charge in [0.25, 0.3) is 0 Å². The van der Waals surface area contributed by atoms with Gasteiger partial charge in [-0.05, 0) is 11.6 Å². The van der Waals surface area contributed by atoms with Crippen molar-refractivity contribution in [3.05, 3.63) is 71.9 Å². The minimum atomic E-state index is -1.71. The fourth-order valence-corrected chi connectivity index (χ4v) is 2.90. The molecule has 2 heterocycles. The molecule has 3 rings (SSSR count). The molecule has 0 aliphatic carbocycles. The average molecular weight is 360 g/mol. The minimum absolute atomic E-state index is 0.0299. The van der Waals surface area contributed by atoms with Gasteiger partial charge in [0.1, 0.15) is 29.9 Å². The molecular weight excluding hydrogens is 342 g/mol. The van der Waals surface area contributed by atoms with Crippen LogP contribution < -0.4 is 4.74 Å². The quantitative estimate of drug-likeness (QED) is 0.732. The summed E-state index contributed by atoms with van der Waals surface area (Å²) in [5, 5.41) is 15.5. The van der Waals surface area contributed by atoms with Gasteiger partial charge in [-0.1, -0.05) is 19.1 Å². The summed E-state index contributed by atoms with van der Waals surface area (Å²) in [7, 11) is 1.50. The highest BCUT2D eigenvalue weighted by Crippen LogP contribution is 2.39. The number of hydrogen-bond acceptors (Lipinski definition) is 5. The number of rotatable bonds is 6. The molecule has 136 valence electrons. The highest BCUT2D eigenvalue weighted by molar-refractivity contribution is 5.32. The number of pyridine rings is 1. The molecule has 1 aromatic carbocycles. The summed E-state index contributed by atoms with van der Waals surface area (Å²) in [5.74, 6) is -1.70. The van der Waals surface area contributed by atoms with Crippen molar-refractivity contribution in [1.82, 2.24) is 19.7 Å². The van der Waals surface area contributed by atoms with Crippen molar-refractivity contribution < 1.29 is 18.6 Å². The van der Waals surface area contributed by atoms with Crippen LogP contribution in [-0.4, -0.2) is 32.0 Å². The molecule has 0 saturated carbocycles. The smallest absolute Gasteiger partial charge is 0.212 e. The maximum Gasteiger partial charge on any atom is 0.212 e. The van der Waals surface area contributed by atoms with Crippen molar-refractivity contribution in [2.75, 3.05) is 7.11 Å². The predicted octanol–water partition coefficient (Wildman–Crippen LogP) is 2.65. The Kier molecular flexibility index (Phi) is 4.94. The third-order valence-electron chi connectivity index (χ3n) is 4.45. The molecule has 0 saturated heterocycles. The second-order valence-electron chi connectivity index (χ2n) is 6.00. The third-order valence-corrected chi connectivity index (χ3v) is 4.45. The highest BCUT2D eigenvalue weighted by atomic mass is 19.1. The van der Waals surface area contributed by atoms with Crippen LogP contribution in [0.25, 0.3) is 0 Å². The summed E-state index contributed by atoms with van der Waals surface area (Å²) in [6, 6.07) is 6.51. The Morgan fingerprint density at radius 2 is 2.08 bits per heavy atom. The van der Waals surface area contributed by atoms with Crippen molar-refractivity contribution in [3.63, 3.8) is 0 Å². The van der Waals surface area contributed by atoms with Crippen LogP contribution in [0.1, 0.15) is 24.0 Å². The lowest BCUT2D eigenvalue weighted by Gasteiger charge is -2.35. The molecule has 26 heavy (non-hydrogen) atoms. The van der Waals surface area contributed by atoms with Gasteiger partial charge >= 0.3 is 0 Å². The number of benzene rings is 1. The molecule has 2 atom stereocenters.